The Morgan fingerprint density at radius 1 is 1.33 bits per heavy atom. The van der Waals surface area contributed by atoms with Crippen molar-refractivity contribution in [3.63, 3.8) is 0 Å². The van der Waals surface area contributed by atoms with E-state index in [-0.39, 0.29) is 19.8 Å². The van der Waals surface area contributed by atoms with Gasteiger partial charge in [-0.3, -0.25) is 4.79 Å². The van der Waals surface area contributed by atoms with Gasteiger partial charge in [0.25, 0.3) is 0 Å². The van der Waals surface area contributed by atoms with Crippen LogP contribution in [-0.2, 0) is 14.3 Å². The first kappa shape index (κ1) is 16.7. The standard InChI is InChI=1S/C12H23NO5/c1-5-17-10(15)9(8-14)6-7-13-11(16)18-12(2,3)4/h9,14H,5-8H2,1-4H3,(H,13,16)/t9-/m0/s1. The Labute approximate surface area is 108 Å². The van der Waals surface area contributed by atoms with Gasteiger partial charge in [0.05, 0.1) is 19.1 Å². The van der Waals surface area contributed by atoms with Crippen molar-refractivity contribution in [1.82, 2.24) is 5.32 Å². The van der Waals surface area contributed by atoms with Crippen LogP contribution in [0.3, 0.4) is 0 Å². The van der Waals surface area contributed by atoms with E-state index in [9.17, 15) is 9.59 Å². The number of carbonyl (C=O) groups excluding carboxylic acids is 2. The molecule has 0 aromatic rings. The Bertz CT molecular complexity index is 272. The molecule has 0 heterocycles. The van der Waals surface area contributed by atoms with E-state index in [0.29, 0.717) is 6.42 Å². The average molecular weight is 261 g/mol. The van der Waals surface area contributed by atoms with Gasteiger partial charge in [0.15, 0.2) is 0 Å². The molecular weight excluding hydrogens is 238 g/mol. The molecule has 0 bridgehead atoms. The number of ether oxygens (including phenoxy) is 2. The van der Waals surface area contributed by atoms with E-state index in [1.165, 1.54) is 0 Å². The minimum Gasteiger partial charge on any atom is -0.466 e. The molecule has 2 N–H and O–H groups in total. The highest BCUT2D eigenvalue weighted by molar-refractivity contribution is 5.72. The van der Waals surface area contributed by atoms with Crippen molar-refractivity contribution in [2.45, 2.75) is 39.7 Å². The monoisotopic (exact) mass is 261 g/mol. The summed E-state index contributed by atoms with van der Waals surface area (Å²) in [7, 11) is 0. The summed E-state index contributed by atoms with van der Waals surface area (Å²) in [6.45, 7) is 7.22. The molecule has 6 heteroatoms. The lowest BCUT2D eigenvalue weighted by Gasteiger charge is -2.20. The number of aliphatic hydroxyl groups is 1. The van der Waals surface area contributed by atoms with E-state index in [0.717, 1.165) is 0 Å². The molecule has 0 aromatic heterocycles. The maximum absolute atomic E-state index is 11.4. The molecule has 18 heavy (non-hydrogen) atoms. The van der Waals surface area contributed by atoms with Crippen LogP contribution in [-0.4, -0.2) is 42.5 Å². The van der Waals surface area contributed by atoms with Crippen LogP contribution in [0.15, 0.2) is 0 Å². The number of hydrogen-bond acceptors (Lipinski definition) is 5. The average Bonchev–Trinajstić information content (AvgIpc) is 2.22. The first-order valence-electron chi connectivity index (χ1n) is 6.04. The van der Waals surface area contributed by atoms with Crippen molar-refractivity contribution in [3.8, 4) is 0 Å². The van der Waals surface area contributed by atoms with Crippen LogP contribution in [0, 0.1) is 5.92 Å². The van der Waals surface area contributed by atoms with Crippen molar-refractivity contribution < 1.29 is 24.2 Å². The normalized spacial score (nSPS) is 12.7. The Balaban J connectivity index is 3.94. The summed E-state index contributed by atoms with van der Waals surface area (Å²) in [6.07, 6.45) is -0.225. The van der Waals surface area contributed by atoms with Crippen molar-refractivity contribution >= 4 is 12.1 Å². The van der Waals surface area contributed by atoms with E-state index in [4.69, 9.17) is 14.6 Å². The molecule has 0 saturated carbocycles. The summed E-state index contributed by atoms with van der Waals surface area (Å²) in [4.78, 5) is 22.7. The van der Waals surface area contributed by atoms with Crippen molar-refractivity contribution in [3.05, 3.63) is 0 Å². The largest absolute Gasteiger partial charge is 0.466 e. The third-order valence-electron chi connectivity index (χ3n) is 2.00. The first-order chi connectivity index (χ1) is 8.30. The lowest BCUT2D eigenvalue weighted by molar-refractivity contribution is -0.149. The summed E-state index contributed by atoms with van der Waals surface area (Å²) in [5, 5.41) is 11.6. The third-order valence-corrected chi connectivity index (χ3v) is 2.00. The predicted octanol–water partition coefficient (Wildman–Crippen LogP) is 1.07. The summed E-state index contributed by atoms with van der Waals surface area (Å²) < 4.78 is 9.82. The Hall–Kier alpha value is -1.30. The van der Waals surface area contributed by atoms with E-state index < -0.39 is 23.6 Å². The highest BCUT2D eigenvalue weighted by atomic mass is 16.6. The van der Waals surface area contributed by atoms with Crippen molar-refractivity contribution in [1.29, 1.82) is 0 Å². The van der Waals surface area contributed by atoms with Gasteiger partial charge in [-0.1, -0.05) is 0 Å². The lowest BCUT2D eigenvalue weighted by Crippen LogP contribution is -2.34. The molecule has 0 aromatic carbocycles. The molecule has 0 aliphatic heterocycles. The maximum atomic E-state index is 11.4. The number of carbonyl (C=O) groups is 2. The Kier molecular flexibility index (Phi) is 7.35. The van der Waals surface area contributed by atoms with Gasteiger partial charge < -0.3 is 19.9 Å². The van der Waals surface area contributed by atoms with Crippen molar-refractivity contribution in [2.75, 3.05) is 19.8 Å². The van der Waals surface area contributed by atoms with Gasteiger partial charge >= 0.3 is 12.1 Å². The van der Waals surface area contributed by atoms with E-state index in [1.54, 1.807) is 27.7 Å². The highest BCUT2D eigenvalue weighted by Crippen LogP contribution is 2.07. The fraction of sp³-hybridized carbons (Fsp3) is 0.833. The smallest absolute Gasteiger partial charge is 0.407 e. The zero-order chi connectivity index (χ0) is 14.2. The number of rotatable bonds is 6. The summed E-state index contributed by atoms with van der Waals surface area (Å²) >= 11 is 0. The van der Waals surface area contributed by atoms with Crippen LogP contribution in [0.2, 0.25) is 0 Å². The molecule has 0 fully saturated rings. The Morgan fingerprint density at radius 2 is 1.94 bits per heavy atom. The molecule has 0 radical (unpaired) electrons. The van der Waals surface area contributed by atoms with Crippen molar-refractivity contribution in [2.24, 2.45) is 5.92 Å². The number of esters is 1. The van der Waals surface area contributed by atoms with Crippen LogP contribution in [0.25, 0.3) is 0 Å². The third kappa shape index (κ3) is 7.89. The number of aliphatic hydroxyl groups excluding tert-OH is 1. The summed E-state index contributed by atoms with van der Waals surface area (Å²) in [5.41, 5.74) is -0.554. The molecule has 0 unspecified atom stereocenters. The van der Waals surface area contributed by atoms with Crippen LogP contribution in [0.4, 0.5) is 4.79 Å². The molecule has 0 saturated heterocycles. The van der Waals surface area contributed by atoms with Gasteiger partial charge in [0.1, 0.15) is 5.60 Å². The minimum atomic E-state index is -0.611. The molecule has 0 spiro atoms. The minimum absolute atomic E-state index is 0.249. The lowest BCUT2D eigenvalue weighted by atomic mass is 10.1. The molecule has 6 nitrogen and oxygen atoms in total. The van der Waals surface area contributed by atoms with Gasteiger partial charge in [0.2, 0.25) is 0 Å². The number of alkyl carbamates (subject to hydrolysis) is 1. The van der Waals surface area contributed by atoms with E-state index in [1.807, 2.05) is 0 Å². The number of nitrogens with one attached hydrogen (secondary N) is 1. The molecule has 0 aliphatic carbocycles. The van der Waals surface area contributed by atoms with Crippen LogP contribution >= 0.6 is 0 Å². The second kappa shape index (κ2) is 7.92. The molecule has 0 aliphatic rings. The fourth-order valence-corrected chi connectivity index (χ4v) is 1.21. The topological polar surface area (TPSA) is 84.9 Å². The molecule has 1 atom stereocenters. The molecule has 0 rings (SSSR count). The quantitative estimate of drug-likeness (QED) is 0.699. The molecule has 1 amide bonds. The molecule has 106 valence electrons. The first-order valence-corrected chi connectivity index (χ1v) is 6.04. The molecular formula is C12H23NO5. The highest BCUT2D eigenvalue weighted by Gasteiger charge is 2.20. The van der Waals surface area contributed by atoms with Crippen LogP contribution < -0.4 is 5.32 Å². The predicted molar refractivity (Wildman–Crippen MR) is 66.1 cm³/mol. The maximum Gasteiger partial charge on any atom is 0.407 e. The zero-order valence-corrected chi connectivity index (χ0v) is 11.5. The number of amides is 1. The van der Waals surface area contributed by atoms with Gasteiger partial charge in [-0.05, 0) is 34.1 Å². The van der Waals surface area contributed by atoms with Crippen LogP contribution in [0.5, 0.6) is 0 Å². The van der Waals surface area contributed by atoms with Crippen LogP contribution in [0.1, 0.15) is 34.1 Å². The second-order valence-electron chi connectivity index (χ2n) is 4.85. The van der Waals surface area contributed by atoms with Gasteiger partial charge in [-0.15, -0.1) is 0 Å². The number of hydrogen-bond donors (Lipinski definition) is 2. The van der Waals surface area contributed by atoms with Gasteiger partial charge in [-0.25, -0.2) is 4.79 Å². The second-order valence-corrected chi connectivity index (χ2v) is 4.85. The SMILES string of the molecule is CCOC(=O)[C@H](CO)CCNC(=O)OC(C)(C)C. The fourth-order valence-electron chi connectivity index (χ4n) is 1.21. The van der Waals surface area contributed by atoms with Gasteiger partial charge in [-0.2, -0.15) is 0 Å². The van der Waals surface area contributed by atoms with E-state index in [2.05, 4.69) is 5.32 Å². The van der Waals surface area contributed by atoms with E-state index >= 15 is 0 Å². The van der Waals surface area contributed by atoms with Gasteiger partial charge in [0, 0.05) is 6.54 Å². The Morgan fingerprint density at radius 3 is 2.39 bits per heavy atom. The zero-order valence-electron chi connectivity index (χ0n) is 11.5. The summed E-state index contributed by atoms with van der Waals surface area (Å²) in [6, 6.07) is 0. The summed E-state index contributed by atoms with van der Waals surface area (Å²) in [5.74, 6) is -1.06.